The predicted molar refractivity (Wildman–Crippen MR) is 143 cm³/mol. The first kappa shape index (κ1) is 31.5. The maximum atomic E-state index is 13.2. The lowest BCUT2D eigenvalue weighted by Gasteiger charge is -2.40. The molecular formula is C30H31F6N3O3. The van der Waals surface area contributed by atoms with Crippen LogP contribution in [0.4, 0.5) is 26.3 Å². The number of aryl methyl sites for hydroxylation is 1. The summed E-state index contributed by atoms with van der Waals surface area (Å²) in [6.45, 7) is 6.72. The second-order valence-corrected chi connectivity index (χ2v) is 10.3. The van der Waals surface area contributed by atoms with Crippen LogP contribution in [0.25, 0.3) is 11.1 Å². The normalized spacial score (nSPS) is 17.3. The number of alkyl halides is 6. The van der Waals surface area contributed by atoms with E-state index in [2.05, 4.69) is 14.8 Å². The van der Waals surface area contributed by atoms with Gasteiger partial charge in [-0.3, -0.25) is 19.6 Å². The summed E-state index contributed by atoms with van der Waals surface area (Å²) in [6.07, 6.45) is -8.48. The van der Waals surface area contributed by atoms with Crippen LogP contribution in [-0.2, 0) is 28.2 Å². The minimum atomic E-state index is -5.94. The van der Waals surface area contributed by atoms with Gasteiger partial charge in [0, 0.05) is 50.7 Å². The topological polar surface area (TPSA) is 65.9 Å². The molecule has 42 heavy (non-hydrogen) atoms. The number of halogens is 6. The van der Waals surface area contributed by atoms with Gasteiger partial charge in [-0.15, -0.1) is 0 Å². The van der Waals surface area contributed by atoms with Gasteiger partial charge in [0.2, 0.25) is 0 Å². The van der Waals surface area contributed by atoms with Crippen molar-refractivity contribution < 1.29 is 41.0 Å². The molecular weight excluding hydrogens is 564 g/mol. The lowest BCUT2D eigenvalue weighted by molar-refractivity contribution is -0.376. The lowest BCUT2D eigenvalue weighted by atomic mass is 9.90. The molecule has 2 heterocycles. The van der Waals surface area contributed by atoms with Gasteiger partial charge >= 0.3 is 18.3 Å². The van der Waals surface area contributed by atoms with Crippen LogP contribution in [0.1, 0.15) is 29.2 Å². The molecule has 0 radical (unpaired) electrons. The van der Waals surface area contributed by atoms with Crippen molar-refractivity contribution in [1.82, 2.24) is 14.8 Å². The average molecular weight is 596 g/mol. The molecule has 0 bridgehead atoms. The monoisotopic (exact) mass is 595 g/mol. The van der Waals surface area contributed by atoms with Crippen LogP contribution < -0.4 is 0 Å². The molecule has 0 saturated carbocycles. The third-order valence-electron chi connectivity index (χ3n) is 7.40. The van der Waals surface area contributed by atoms with Crippen LogP contribution in [0.5, 0.6) is 0 Å². The summed E-state index contributed by atoms with van der Waals surface area (Å²) in [5.74, 6) is -0.297. The maximum Gasteiger partial charge on any atom is 0.430 e. The number of hydrogen-bond acceptors (Lipinski definition) is 6. The first-order chi connectivity index (χ1) is 19.7. The van der Waals surface area contributed by atoms with E-state index in [4.69, 9.17) is 4.74 Å². The van der Waals surface area contributed by atoms with E-state index in [0.29, 0.717) is 56.0 Å². The largest absolute Gasteiger partial charge is 0.465 e. The van der Waals surface area contributed by atoms with Crippen LogP contribution >= 0.6 is 0 Å². The van der Waals surface area contributed by atoms with Gasteiger partial charge in [-0.05, 0) is 53.8 Å². The molecule has 0 aliphatic carbocycles. The molecule has 0 spiro atoms. The second-order valence-electron chi connectivity index (χ2n) is 10.3. The van der Waals surface area contributed by atoms with Gasteiger partial charge in [-0.2, -0.15) is 26.3 Å². The quantitative estimate of drug-likeness (QED) is 0.270. The molecule has 1 saturated heterocycles. The predicted octanol–water partition coefficient (Wildman–Crippen LogP) is 5.62. The molecule has 226 valence electrons. The highest BCUT2D eigenvalue weighted by molar-refractivity contribution is 5.76. The van der Waals surface area contributed by atoms with Crippen molar-refractivity contribution in [3.8, 4) is 11.1 Å². The second kappa shape index (κ2) is 12.4. The molecule has 2 aromatic carbocycles. The van der Waals surface area contributed by atoms with Crippen molar-refractivity contribution in [2.24, 2.45) is 0 Å². The average Bonchev–Trinajstić information content (AvgIpc) is 2.93. The molecule has 6 nitrogen and oxygen atoms in total. The Morgan fingerprint density at radius 3 is 2.14 bits per heavy atom. The Morgan fingerprint density at radius 1 is 0.929 bits per heavy atom. The summed E-state index contributed by atoms with van der Waals surface area (Å²) >= 11 is 0. The van der Waals surface area contributed by atoms with Crippen molar-refractivity contribution >= 4 is 5.97 Å². The van der Waals surface area contributed by atoms with Crippen LogP contribution in [0.2, 0.25) is 0 Å². The summed E-state index contributed by atoms with van der Waals surface area (Å²) in [4.78, 5) is 21.1. The van der Waals surface area contributed by atoms with Crippen molar-refractivity contribution in [2.75, 3.05) is 26.2 Å². The number of carbonyl (C=O) groups excluding carboxylic acids is 1. The summed E-state index contributed by atoms with van der Waals surface area (Å²) in [5.41, 5.74) is -2.52. The first-order valence-electron chi connectivity index (χ1n) is 13.3. The van der Waals surface area contributed by atoms with Gasteiger partial charge in [0.1, 0.15) is 6.04 Å². The number of carbonyl (C=O) groups is 1. The van der Waals surface area contributed by atoms with Gasteiger partial charge in [-0.1, -0.05) is 42.5 Å². The third-order valence-corrected chi connectivity index (χ3v) is 7.40. The van der Waals surface area contributed by atoms with Crippen molar-refractivity contribution in [2.45, 2.75) is 50.9 Å². The van der Waals surface area contributed by atoms with E-state index in [1.165, 1.54) is 0 Å². The van der Waals surface area contributed by atoms with Gasteiger partial charge < -0.3 is 9.84 Å². The number of aromatic nitrogens is 1. The molecule has 3 aromatic rings. The number of benzene rings is 2. The number of rotatable bonds is 8. The molecule has 0 amide bonds. The molecule has 4 rings (SSSR count). The van der Waals surface area contributed by atoms with Gasteiger partial charge in [0.15, 0.2) is 0 Å². The van der Waals surface area contributed by atoms with Gasteiger partial charge in [0.25, 0.3) is 5.60 Å². The van der Waals surface area contributed by atoms with Crippen LogP contribution in [0.15, 0.2) is 67.0 Å². The highest BCUT2D eigenvalue weighted by atomic mass is 19.4. The van der Waals surface area contributed by atoms with E-state index in [9.17, 15) is 36.2 Å². The Kier molecular flexibility index (Phi) is 9.29. The van der Waals surface area contributed by atoms with E-state index in [1.807, 2.05) is 24.3 Å². The number of aliphatic hydroxyl groups is 1. The molecule has 1 aliphatic heterocycles. The number of esters is 1. The summed E-state index contributed by atoms with van der Waals surface area (Å²) in [6, 6.07) is 12.4. The third kappa shape index (κ3) is 6.61. The Hall–Kier alpha value is -3.48. The summed E-state index contributed by atoms with van der Waals surface area (Å²) < 4.78 is 84.7. The fourth-order valence-corrected chi connectivity index (χ4v) is 5.18. The van der Waals surface area contributed by atoms with Crippen molar-refractivity contribution in [1.29, 1.82) is 0 Å². The first-order valence-corrected chi connectivity index (χ1v) is 13.3. The van der Waals surface area contributed by atoms with E-state index in [0.717, 1.165) is 28.8 Å². The Labute approximate surface area is 239 Å². The van der Waals surface area contributed by atoms with E-state index in [1.54, 1.807) is 32.3 Å². The van der Waals surface area contributed by atoms with Crippen LogP contribution in [0.3, 0.4) is 0 Å². The number of hydrogen-bond donors (Lipinski definition) is 1. The Bertz CT molecular complexity index is 1350. The smallest absolute Gasteiger partial charge is 0.430 e. The van der Waals surface area contributed by atoms with Crippen LogP contribution in [0, 0.1) is 6.92 Å². The number of piperazine rings is 1. The fourth-order valence-electron chi connectivity index (χ4n) is 5.18. The van der Waals surface area contributed by atoms with Crippen LogP contribution in [-0.4, -0.2) is 70.5 Å². The highest BCUT2D eigenvalue weighted by Crippen LogP contribution is 2.50. The molecule has 1 aromatic heterocycles. The molecule has 0 unspecified atom stereocenters. The van der Waals surface area contributed by atoms with Crippen molar-refractivity contribution in [3.63, 3.8) is 0 Å². The zero-order chi connectivity index (χ0) is 30.7. The van der Waals surface area contributed by atoms with E-state index in [-0.39, 0.29) is 12.6 Å². The standard InChI is InChI=1S/C30H31F6N3O3/c1-3-42-27(40)26-19-38(14-15-39(26)18-21-10-12-37-13-11-21)17-22-4-9-25(20(2)16-22)23-5-7-24(8-6-23)28(41,29(31,32)33)30(34,35)36/h4-13,16,26,41H,3,14-15,17-19H2,1-2H3/t26-/m1/s1. The highest BCUT2D eigenvalue weighted by Gasteiger charge is 2.71. The minimum Gasteiger partial charge on any atom is -0.465 e. The zero-order valence-corrected chi connectivity index (χ0v) is 23.0. The molecule has 1 atom stereocenters. The number of nitrogens with zero attached hydrogens (tertiary/aromatic N) is 3. The zero-order valence-electron chi connectivity index (χ0n) is 23.0. The molecule has 1 fully saturated rings. The molecule has 1 aliphatic rings. The Morgan fingerprint density at radius 2 is 1.57 bits per heavy atom. The maximum absolute atomic E-state index is 13.2. The van der Waals surface area contributed by atoms with Gasteiger partial charge in [-0.25, -0.2) is 0 Å². The van der Waals surface area contributed by atoms with E-state index < -0.39 is 29.6 Å². The molecule has 1 N–H and O–H groups in total. The van der Waals surface area contributed by atoms with Crippen molar-refractivity contribution in [3.05, 3.63) is 89.2 Å². The van der Waals surface area contributed by atoms with Gasteiger partial charge in [0.05, 0.1) is 6.61 Å². The SMILES string of the molecule is CCOC(=O)[C@H]1CN(Cc2ccc(-c3ccc(C(O)(C(F)(F)F)C(F)(F)F)cc3)c(C)c2)CCN1Cc1ccncc1. The lowest BCUT2D eigenvalue weighted by Crippen LogP contribution is -2.56. The minimum absolute atomic E-state index is 0.270. The number of pyridine rings is 1. The Balaban J connectivity index is 1.48. The van der Waals surface area contributed by atoms with E-state index >= 15 is 0 Å². The summed E-state index contributed by atoms with van der Waals surface area (Å²) in [7, 11) is 0. The molecule has 12 heteroatoms. The number of ether oxygens (including phenoxy) is 1. The summed E-state index contributed by atoms with van der Waals surface area (Å²) in [5, 5.41) is 9.65. The fraction of sp³-hybridized carbons (Fsp3) is 0.400.